The van der Waals surface area contributed by atoms with E-state index in [9.17, 15) is 0 Å². The number of anilines is 1. The first-order valence-electron chi connectivity index (χ1n) is 8.07. The summed E-state index contributed by atoms with van der Waals surface area (Å²) in [5, 5.41) is 5.54. The van der Waals surface area contributed by atoms with Crippen molar-refractivity contribution in [1.82, 2.24) is 19.9 Å². The molecule has 0 bridgehead atoms. The van der Waals surface area contributed by atoms with E-state index >= 15 is 0 Å². The molecule has 4 aromatic rings. The van der Waals surface area contributed by atoms with Crippen molar-refractivity contribution in [2.75, 3.05) is 5.32 Å². The summed E-state index contributed by atoms with van der Waals surface area (Å²) in [5.74, 6) is 1.47. The second-order valence-corrected chi connectivity index (χ2v) is 7.10. The highest BCUT2D eigenvalue weighted by molar-refractivity contribution is 7.11. The number of benzene rings is 1. The summed E-state index contributed by atoms with van der Waals surface area (Å²) in [6.45, 7) is 4.16. The number of nitrogens with zero attached hydrogens (tertiary/aromatic N) is 4. The van der Waals surface area contributed by atoms with E-state index in [1.165, 1.54) is 4.88 Å². The van der Waals surface area contributed by atoms with Crippen LogP contribution < -0.4 is 5.32 Å². The van der Waals surface area contributed by atoms with Gasteiger partial charge in [-0.05, 0) is 38.1 Å². The predicted molar refractivity (Wildman–Crippen MR) is 102 cm³/mol. The summed E-state index contributed by atoms with van der Waals surface area (Å²) in [6, 6.07) is 11.9. The van der Waals surface area contributed by atoms with Gasteiger partial charge in [0.1, 0.15) is 10.8 Å². The Hall–Kier alpha value is -2.86. The quantitative estimate of drug-likeness (QED) is 0.583. The van der Waals surface area contributed by atoms with Crippen LogP contribution >= 0.6 is 11.3 Å². The lowest BCUT2D eigenvalue weighted by molar-refractivity contribution is 0.862. The predicted octanol–water partition coefficient (Wildman–Crippen LogP) is 4.63. The fourth-order valence-electron chi connectivity index (χ4n) is 2.65. The molecule has 0 saturated heterocycles. The minimum Gasteiger partial charge on any atom is -0.360 e. The molecule has 0 radical (unpaired) electrons. The Bertz CT molecular complexity index is 1010. The maximum absolute atomic E-state index is 4.76. The van der Waals surface area contributed by atoms with Gasteiger partial charge in [-0.25, -0.2) is 15.0 Å². The van der Waals surface area contributed by atoms with Crippen LogP contribution in [0.25, 0.3) is 22.3 Å². The van der Waals surface area contributed by atoms with Gasteiger partial charge in [0, 0.05) is 34.4 Å². The molecule has 5 nitrogen and oxygen atoms in total. The SMILES string of the molecule is Cc1cnc(C(C)Nc2nc(-c3cccnc3)nc3ccccc23)s1. The van der Waals surface area contributed by atoms with Gasteiger partial charge in [-0.15, -0.1) is 11.3 Å². The van der Waals surface area contributed by atoms with Crippen LogP contribution in [0.1, 0.15) is 22.9 Å². The Morgan fingerprint density at radius 2 is 1.92 bits per heavy atom. The number of para-hydroxylation sites is 1. The third-order valence-electron chi connectivity index (χ3n) is 3.89. The van der Waals surface area contributed by atoms with E-state index in [2.05, 4.69) is 34.1 Å². The zero-order chi connectivity index (χ0) is 17.2. The molecular weight excluding hydrogens is 330 g/mol. The lowest BCUT2D eigenvalue weighted by Gasteiger charge is -2.15. The maximum atomic E-state index is 4.76. The van der Waals surface area contributed by atoms with Crippen molar-refractivity contribution in [1.29, 1.82) is 0 Å². The largest absolute Gasteiger partial charge is 0.360 e. The molecule has 1 unspecified atom stereocenters. The number of hydrogen-bond donors (Lipinski definition) is 1. The first kappa shape index (κ1) is 15.7. The molecule has 6 heteroatoms. The van der Waals surface area contributed by atoms with Gasteiger partial charge in [0.05, 0.1) is 11.6 Å². The molecule has 0 aliphatic carbocycles. The van der Waals surface area contributed by atoms with E-state index in [1.807, 2.05) is 42.6 Å². The number of aryl methyl sites for hydroxylation is 1. The average Bonchev–Trinajstić information content (AvgIpc) is 3.09. The van der Waals surface area contributed by atoms with Gasteiger partial charge >= 0.3 is 0 Å². The molecule has 3 heterocycles. The zero-order valence-corrected chi connectivity index (χ0v) is 14.8. The smallest absolute Gasteiger partial charge is 0.163 e. The second-order valence-electron chi connectivity index (χ2n) is 5.83. The van der Waals surface area contributed by atoms with E-state index in [1.54, 1.807) is 23.7 Å². The highest BCUT2D eigenvalue weighted by atomic mass is 32.1. The normalized spacial score (nSPS) is 12.2. The molecule has 25 heavy (non-hydrogen) atoms. The minimum absolute atomic E-state index is 0.0683. The first-order valence-corrected chi connectivity index (χ1v) is 8.88. The van der Waals surface area contributed by atoms with Crippen molar-refractivity contribution in [3.63, 3.8) is 0 Å². The third-order valence-corrected chi connectivity index (χ3v) is 4.98. The maximum Gasteiger partial charge on any atom is 0.163 e. The number of hydrogen-bond acceptors (Lipinski definition) is 6. The number of rotatable bonds is 4. The Labute approximate surface area is 149 Å². The van der Waals surface area contributed by atoms with Gasteiger partial charge in [0.15, 0.2) is 5.82 Å². The lowest BCUT2D eigenvalue weighted by atomic mass is 10.2. The van der Waals surface area contributed by atoms with Gasteiger partial charge in [0.2, 0.25) is 0 Å². The van der Waals surface area contributed by atoms with Crippen molar-refractivity contribution in [2.24, 2.45) is 0 Å². The van der Waals surface area contributed by atoms with Gasteiger partial charge in [-0.1, -0.05) is 12.1 Å². The first-order chi connectivity index (χ1) is 12.2. The fraction of sp³-hybridized carbons (Fsp3) is 0.158. The van der Waals surface area contributed by atoms with Crippen LogP contribution in [0.2, 0.25) is 0 Å². The van der Waals surface area contributed by atoms with Gasteiger partial charge in [-0.3, -0.25) is 4.98 Å². The standard InChI is InChI=1S/C19H17N5S/c1-12-10-21-19(25-12)13(2)22-18-15-7-3-4-8-16(15)23-17(24-18)14-6-5-9-20-11-14/h3-11,13H,1-2H3,(H,22,23,24). The van der Waals surface area contributed by atoms with Crippen molar-refractivity contribution in [2.45, 2.75) is 19.9 Å². The third kappa shape index (κ3) is 3.21. The number of nitrogens with one attached hydrogen (secondary N) is 1. The van der Waals surface area contributed by atoms with Crippen LogP contribution in [0.15, 0.2) is 55.0 Å². The highest BCUT2D eigenvalue weighted by Gasteiger charge is 2.14. The molecule has 0 fully saturated rings. The lowest BCUT2D eigenvalue weighted by Crippen LogP contribution is -2.09. The van der Waals surface area contributed by atoms with Crippen LogP contribution in [0.5, 0.6) is 0 Å². The number of thiazole rings is 1. The molecule has 4 rings (SSSR count). The Kier molecular flexibility index (Phi) is 4.11. The molecule has 0 saturated carbocycles. The topological polar surface area (TPSA) is 63.6 Å². The van der Waals surface area contributed by atoms with Crippen molar-refractivity contribution in [3.05, 3.63) is 64.9 Å². The zero-order valence-electron chi connectivity index (χ0n) is 14.0. The Morgan fingerprint density at radius 1 is 1.04 bits per heavy atom. The average molecular weight is 347 g/mol. The number of pyridine rings is 1. The van der Waals surface area contributed by atoms with Crippen LogP contribution in [0.3, 0.4) is 0 Å². The Morgan fingerprint density at radius 3 is 2.68 bits per heavy atom. The summed E-state index contributed by atoms with van der Waals surface area (Å²) in [7, 11) is 0. The molecule has 0 aliphatic heterocycles. The van der Waals surface area contributed by atoms with Crippen LogP contribution in [0, 0.1) is 6.92 Å². The summed E-state index contributed by atoms with van der Waals surface area (Å²) >= 11 is 1.69. The van der Waals surface area contributed by atoms with E-state index in [-0.39, 0.29) is 6.04 Å². The second kappa shape index (κ2) is 6.57. The van der Waals surface area contributed by atoms with E-state index in [0.717, 1.165) is 27.3 Å². The molecule has 0 aliphatic rings. The number of fused-ring (bicyclic) bond motifs is 1. The van der Waals surface area contributed by atoms with E-state index < -0.39 is 0 Å². The summed E-state index contributed by atoms with van der Waals surface area (Å²) in [4.78, 5) is 19.3. The monoisotopic (exact) mass is 347 g/mol. The number of aromatic nitrogens is 4. The van der Waals surface area contributed by atoms with Gasteiger partial charge in [0.25, 0.3) is 0 Å². The van der Waals surface area contributed by atoms with Crippen molar-refractivity contribution < 1.29 is 0 Å². The molecule has 1 atom stereocenters. The minimum atomic E-state index is 0.0683. The van der Waals surface area contributed by atoms with Crippen LogP contribution in [-0.2, 0) is 0 Å². The molecular formula is C19H17N5S. The summed E-state index contributed by atoms with van der Waals surface area (Å²) in [6.07, 6.45) is 5.43. The fourth-order valence-corrected chi connectivity index (χ4v) is 3.43. The molecule has 124 valence electrons. The van der Waals surface area contributed by atoms with E-state index in [0.29, 0.717) is 5.82 Å². The Balaban J connectivity index is 1.78. The highest BCUT2D eigenvalue weighted by Crippen LogP contribution is 2.28. The summed E-state index contributed by atoms with van der Waals surface area (Å²) < 4.78 is 0. The van der Waals surface area contributed by atoms with Crippen molar-refractivity contribution in [3.8, 4) is 11.4 Å². The van der Waals surface area contributed by atoms with Crippen LogP contribution in [-0.4, -0.2) is 19.9 Å². The molecule has 3 aromatic heterocycles. The molecule has 0 spiro atoms. The van der Waals surface area contributed by atoms with E-state index in [4.69, 9.17) is 4.98 Å². The summed E-state index contributed by atoms with van der Waals surface area (Å²) in [5.41, 5.74) is 1.80. The van der Waals surface area contributed by atoms with Crippen LogP contribution in [0.4, 0.5) is 5.82 Å². The molecule has 0 amide bonds. The molecule has 1 aromatic carbocycles. The molecule has 1 N–H and O–H groups in total. The van der Waals surface area contributed by atoms with Crippen molar-refractivity contribution >= 4 is 28.1 Å². The van der Waals surface area contributed by atoms with Gasteiger partial charge in [-0.2, -0.15) is 0 Å². The van der Waals surface area contributed by atoms with Gasteiger partial charge < -0.3 is 5.32 Å².